The lowest BCUT2D eigenvalue weighted by Gasteiger charge is -2.16. The number of hydrogen-bond donors (Lipinski definition) is 2. The van der Waals surface area contributed by atoms with Crippen LogP contribution in [-0.4, -0.2) is 32.9 Å². The Labute approximate surface area is 179 Å². The Hall–Kier alpha value is -2.98. The number of H-pyrrole nitrogens is 2. The number of fused-ring (bicyclic) bond motifs is 2. The predicted molar refractivity (Wildman–Crippen MR) is 121 cm³/mol. The molecule has 2 aromatic heterocycles. The van der Waals surface area contributed by atoms with Crippen molar-refractivity contribution in [2.75, 3.05) is 13.1 Å². The standard InChI is InChI=1S/C20H18N4O4S2/c25-23(26)11-19(15-9-21-17-7-3-1-5-13(15)17)29-30-20(12-24(27)28)16-10-22-18-8-4-2-6-14(16)18/h1-10,19-22H,11-12H2. The number of nitro groups is 2. The second-order valence-corrected chi connectivity index (χ2v) is 9.46. The molecule has 2 atom stereocenters. The lowest BCUT2D eigenvalue weighted by Crippen LogP contribution is -2.11. The maximum Gasteiger partial charge on any atom is 0.220 e. The Morgan fingerprint density at radius 2 is 1.13 bits per heavy atom. The molecule has 0 spiro atoms. The molecule has 0 saturated carbocycles. The van der Waals surface area contributed by atoms with Crippen LogP contribution in [0.25, 0.3) is 21.8 Å². The zero-order valence-electron chi connectivity index (χ0n) is 15.7. The van der Waals surface area contributed by atoms with Crippen LogP contribution in [-0.2, 0) is 0 Å². The van der Waals surface area contributed by atoms with E-state index in [-0.39, 0.29) is 22.9 Å². The second-order valence-electron chi connectivity index (χ2n) is 6.78. The van der Waals surface area contributed by atoms with Gasteiger partial charge in [-0.2, -0.15) is 0 Å². The Morgan fingerprint density at radius 3 is 1.53 bits per heavy atom. The first-order valence-corrected chi connectivity index (χ1v) is 11.5. The molecule has 0 aliphatic heterocycles. The van der Waals surface area contributed by atoms with Gasteiger partial charge in [-0.25, -0.2) is 0 Å². The minimum Gasteiger partial charge on any atom is -0.361 e. The molecule has 30 heavy (non-hydrogen) atoms. The molecular formula is C20H18N4O4S2. The summed E-state index contributed by atoms with van der Waals surface area (Å²) >= 11 is 0. The summed E-state index contributed by atoms with van der Waals surface area (Å²) in [6.07, 6.45) is 3.58. The highest BCUT2D eigenvalue weighted by atomic mass is 33.1. The highest BCUT2D eigenvalue weighted by molar-refractivity contribution is 8.76. The third-order valence-electron chi connectivity index (χ3n) is 4.85. The van der Waals surface area contributed by atoms with Crippen LogP contribution in [0.4, 0.5) is 0 Å². The molecule has 154 valence electrons. The molecule has 2 heterocycles. The van der Waals surface area contributed by atoms with Gasteiger partial charge in [-0.1, -0.05) is 58.0 Å². The van der Waals surface area contributed by atoms with Gasteiger partial charge >= 0.3 is 0 Å². The van der Waals surface area contributed by atoms with Gasteiger partial charge in [0.15, 0.2) is 0 Å². The van der Waals surface area contributed by atoms with Gasteiger partial charge in [0.1, 0.15) is 10.5 Å². The summed E-state index contributed by atoms with van der Waals surface area (Å²) in [5.41, 5.74) is 3.48. The monoisotopic (exact) mass is 442 g/mol. The highest BCUT2D eigenvalue weighted by Crippen LogP contribution is 2.48. The summed E-state index contributed by atoms with van der Waals surface area (Å²) in [6, 6.07) is 15.3. The van der Waals surface area contributed by atoms with E-state index in [9.17, 15) is 20.2 Å². The van der Waals surface area contributed by atoms with E-state index in [2.05, 4.69) is 9.97 Å². The summed E-state index contributed by atoms with van der Waals surface area (Å²) in [6.45, 7) is -0.531. The van der Waals surface area contributed by atoms with Crippen molar-refractivity contribution in [3.63, 3.8) is 0 Å². The molecule has 2 unspecified atom stereocenters. The van der Waals surface area contributed by atoms with E-state index in [0.29, 0.717) is 0 Å². The Kier molecular flexibility index (Phi) is 5.96. The summed E-state index contributed by atoms with van der Waals surface area (Å²) < 4.78 is 0. The smallest absolute Gasteiger partial charge is 0.220 e. The van der Waals surface area contributed by atoms with Gasteiger partial charge in [-0.3, -0.25) is 20.2 Å². The highest BCUT2D eigenvalue weighted by Gasteiger charge is 2.28. The van der Waals surface area contributed by atoms with E-state index < -0.39 is 10.5 Å². The maximum absolute atomic E-state index is 11.3. The maximum atomic E-state index is 11.3. The number of rotatable bonds is 9. The van der Waals surface area contributed by atoms with Crippen molar-refractivity contribution in [3.05, 3.63) is 92.3 Å². The Bertz CT molecular complexity index is 1110. The van der Waals surface area contributed by atoms with Gasteiger partial charge < -0.3 is 9.97 Å². The zero-order valence-corrected chi connectivity index (χ0v) is 17.3. The van der Waals surface area contributed by atoms with Gasteiger partial charge in [-0.15, -0.1) is 0 Å². The normalized spacial score (nSPS) is 13.5. The molecule has 0 saturated heterocycles. The van der Waals surface area contributed by atoms with Crippen molar-refractivity contribution in [2.45, 2.75) is 10.5 Å². The van der Waals surface area contributed by atoms with Crippen molar-refractivity contribution >= 4 is 43.4 Å². The van der Waals surface area contributed by atoms with Gasteiger partial charge in [0.05, 0.1) is 0 Å². The first-order valence-electron chi connectivity index (χ1n) is 9.20. The average molecular weight is 443 g/mol. The predicted octanol–water partition coefficient (Wildman–Crippen LogP) is 5.37. The number of para-hydroxylation sites is 2. The van der Waals surface area contributed by atoms with Crippen LogP contribution < -0.4 is 0 Å². The van der Waals surface area contributed by atoms with Gasteiger partial charge in [0.25, 0.3) is 0 Å². The molecule has 2 N–H and O–H groups in total. The molecule has 2 aromatic carbocycles. The van der Waals surface area contributed by atoms with E-state index >= 15 is 0 Å². The van der Waals surface area contributed by atoms with Gasteiger partial charge in [-0.05, 0) is 23.3 Å². The fraction of sp³-hybridized carbons (Fsp3) is 0.200. The Morgan fingerprint density at radius 1 is 0.733 bits per heavy atom. The zero-order chi connectivity index (χ0) is 21.1. The van der Waals surface area contributed by atoms with E-state index in [0.717, 1.165) is 32.9 Å². The second kappa shape index (κ2) is 8.80. The summed E-state index contributed by atoms with van der Waals surface area (Å²) in [7, 11) is 2.63. The van der Waals surface area contributed by atoms with Crippen molar-refractivity contribution < 1.29 is 9.85 Å². The lowest BCUT2D eigenvalue weighted by atomic mass is 10.1. The minimum atomic E-state index is -0.444. The molecule has 4 aromatic rings. The van der Waals surface area contributed by atoms with E-state index in [4.69, 9.17) is 0 Å². The molecular weight excluding hydrogens is 424 g/mol. The summed E-state index contributed by atoms with van der Waals surface area (Å²) in [4.78, 5) is 28.3. The quantitative estimate of drug-likeness (QED) is 0.204. The van der Waals surface area contributed by atoms with E-state index in [1.807, 2.05) is 48.5 Å². The number of aromatic nitrogens is 2. The van der Waals surface area contributed by atoms with Crippen LogP contribution in [0.1, 0.15) is 21.6 Å². The molecule has 0 aliphatic rings. The number of aromatic amines is 2. The molecule has 0 fully saturated rings. The van der Waals surface area contributed by atoms with Crippen molar-refractivity contribution in [3.8, 4) is 0 Å². The first kappa shape index (κ1) is 20.3. The van der Waals surface area contributed by atoms with Gasteiger partial charge in [0, 0.05) is 44.0 Å². The van der Waals surface area contributed by atoms with E-state index in [1.54, 1.807) is 12.4 Å². The molecule has 8 nitrogen and oxygen atoms in total. The van der Waals surface area contributed by atoms with Crippen LogP contribution >= 0.6 is 21.6 Å². The number of nitrogens with one attached hydrogen (secondary N) is 2. The van der Waals surface area contributed by atoms with Gasteiger partial charge in [0.2, 0.25) is 13.1 Å². The largest absolute Gasteiger partial charge is 0.361 e. The van der Waals surface area contributed by atoms with Crippen LogP contribution in [0.3, 0.4) is 0 Å². The number of benzene rings is 2. The van der Waals surface area contributed by atoms with Crippen LogP contribution in [0.2, 0.25) is 0 Å². The number of hydrogen-bond acceptors (Lipinski definition) is 6. The molecule has 4 rings (SSSR count). The summed E-state index contributed by atoms with van der Waals surface area (Å²) in [5.74, 6) is 0. The van der Waals surface area contributed by atoms with E-state index in [1.165, 1.54) is 21.6 Å². The van der Waals surface area contributed by atoms with Crippen molar-refractivity contribution in [2.24, 2.45) is 0 Å². The molecule has 0 amide bonds. The average Bonchev–Trinajstić information content (AvgIpc) is 3.34. The first-order chi connectivity index (χ1) is 14.5. The SMILES string of the molecule is O=[N+]([O-])CC(SSC(C[N+](=O)[O-])c1c[nH]c2ccccc12)c1c[nH]c2ccccc12. The third-order valence-corrected chi connectivity index (χ3v) is 7.96. The fourth-order valence-electron chi connectivity index (χ4n) is 3.49. The number of nitrogens with zero attached hydrogens (tertiary/aromatic N) is 2. The van der Waals surface area contributed by atoms with Crippen molar-refractivity contribution in [1.29, 1.82) is 0 Å². The van der Waals surface area contributed by atoms with Crippen LogP contribution in [0.5, 0.6) is 0 Å². The fourth-order valence-corrected chi connectivity index (χ4v) is 6.51. The molecule has 0 bridgehead atoms. The molecule has 0 radical (unpaired) electrons. The molecule has 0 aliphatic carbocycles. The third kappa shape index (κ3) is 4.29. The topological polar surface area (TPSA) is 118 Å². The van der Waals surface area contributed by atoms with Crippen LogP contribution in [0, 0.1) is 20.2 Å². The minimum absolute atomic E-state index is 0.265. The summed E-state index contributed by atoms with van der Waals surface area (Å²) in [5, 5.41) is 23.6. The molecule has 10 heteroatoms. The van der Waals surface area contributed by atoms with Crippen molar-refractivity contribution in [1.82, 2.24) is 9.97 Å². The van der Waals surface area contributed by atoms with Crippen LogP contribution in [0.15, 0.2) is 60.9 Å². The Balaban J connectivity index is 1.62. The lowest BCUT2D eigenvalue weighted by molar-refractivity contribution is -0.479.